The van der Waals surface area contributed by atoms with E-state index in [0.717, 1.165) is 18.4 Å². The average Bonchev–Trinajstić information content (AvgIpc) is 2.89. The fraction of sp³-hybridized carbons (Fsp3) is 0.500. The molecule has 0 aliphatic heterocycles. The molecule has 3 heteroatoms. The predicted molar refractivity (Wildman–Crippen MR) is 63.0 cm³/mol. The zero-order valence-electron chi connectivity index (χ0n) is 8.92. The van der Waals surface area contributed by atoms with Crippen molar-refractivity contribution in [2.75, 3.05) is 0 Å². The van der Waals surface area contributed by atoms with Gasteiger partial charge in [-0.3, -0.25) is 0 Å². The largest absolute Gasteiger partial charge is 0.506 e. The predicted octanol–water partition coefficient (Wildman–Crippen LogP) is 3.26. The number of phenols is 1. The third kappa shape index (κ3) is 1.91. The van der Waals surface area contributed by atoms with Gasteiger partial charge in [0, 0.05) is 5.56 Å². The van der Waals surface area contributed by atoms with Gasteiger partial charge in [0.05, 0.1) is 10.1 Å². The summed E-state index contributed by atoms with van der Waals surface area (Å²) in [5.74, 6) is 0.572. The summed E-state index contributed by atoms with van der Waals surface area (Å²) in [6.45, 7) is 4.19. The molecule has 1 fully saturated rings. The Balaban J connectivity index is 2.53. The number of hydrogen-bond donors (Lipinski definition) is 2. The molecule has 1 aromatic carbocycles. The quantitative estimate of drug-likeness (QED) is 0.866. The number of hydrogen-bond acceptors (Lipinski definition) is 2. The standard InChI is InChI=1S/C12H15BrO2/c1-7(2)8-5-9(12(15)3-4-12)11(14)10(13)6-8/h5-7,14-15H,3-4H2,1-2H3. The van der Waals surface area contributed by atoms with Crippen LogP contribution in [0.4, 0.5) is 0 Å². The normalized spacial score (nSPS) is 18.2. The highest BCUT2D eigenvalue weighted by Crippen LogP contribution is 2.50. The molecule has 0 amide bonds. The van der Waals surface area contributed by atoms with E-state index in [0.29, 0.717) is 16.0 Å². The van der Waals surface area contributed by atoms with Gasteiger partial charge in [-0.25, -0.2) is 0 Å². The maximum Gasteiger partial charge on any atom is 0.135 e. The molecule has 0 spiro atoms. The van der Waals surface area contributed by atoms with Crippen molar-refractivity contribution in [3.63, 3.8) is 0 Å². The molecular weight excluding hydrogens is 256 g/mol. The third-order valence-electron chi connectivity index (χ3n) is 2.98. The van der Waals surface area contributed by atoms with E-state index < -0.39 is 5.60 Å². The molecule has 0 radical (unpaired) electrons. The summed E-state index contributed by atoms with van der Waals surface area (Å²) < 4.78 is 0.670. The molecule has 0 unspecified atom stereocenters. The van der Waals surface area contributed by atoms with Gasteiger partial charge in [0.2, 0.25) is 0 Å². The van der Waals surface area contributed by atoms with Crippen LogP contribution in [-0.4, -0.2) is 10.2 Å². The van der Waals surface area contributed by atoms with Gasteiger partial charge in [-0.2, -0.15) is 0 Å². The van der Waals surface area contributed by atoms with Crippen LogP contribution in [0, 0.1) is 0 Å². The van der Waals surface area contributed by atoms with Gasteiger partial charge in [-0.05, 0) is 52.4 Å². The van der Waals surface area contributed by atoms with E-state index in [1.54, 1.807) is 0 Å². The van der Waals surface area contributed by atoms with E-state index in [-0.39, 0.29) is 5.75 Å². The first kappa shape index (κ1) is 11.0. The van der Waals surface area contributed by atoms with Crippen molar-refractivity contribution >= 4 is 15.9 Å². The minimum Gasteiger partial charge on any atom is -0.506 e. The van der Waals surface area contributed by atoms with Crippen LogP contribution in [0.5, 0.6) is 5.75 Å². The summed E-state index contributed by atoms with van der Waals surface area (Å²) in [6.07, 6.45) is 1.49. The van der Waals surface area contributed by atoms with Crippen LogP contribution in [-0.2, 0) is 5.60 Å². The maximum atomic E-state index is 10.0. The lowest BCUT2D eigenvalue weighted by Gasteiger charge is -2.15. The number of rotatable bonds is 2. The Hall–Kier alpha value is -0.540. The van der Waals surface area contributed by atoms with E-state index in [1.807, 2.05) is 12.1 Å². The topological polar surface area (TPSA) is 40.5 Å². The number of aliphatic hydroxyl groups is 1. The second-order valence-corrected chi connectivity index (χ2v) is 5.44. The zero-order chi connectivity index (χ0) is 11.2. The van der Waals surface area contributed by atoms with Gasteiger partial charge in [-0.15, -0.1) is 0 Å². The minimum atomic E-state index is -0.780. The fourth-order valence-corrected chi connectivity index (χ4v) is 2.17. The fourth-order valence-electron chi connectivity index (χ4n) is 1.70. The molecule has 2 N–H and O–H groups in total. The Kier molecular flexibility index (Phi) is 2.55. The maximum absolute atomic E-state index is 10.0. The van der Waals surface area contributed by atoms with Crippen LogP contribution in [0.15, 0.2) is 16.6 Å². The van der Waals surface area contributed by atoms with Gasteiger partial charge in [-0.1, -0.05) is 13.8 Å². The first-order valence-electron chi connectivity index (χ1n) is 5.19. The molecule has 1 aliphatic rings. The van der Waals surface area contributed by atoms with Crippen molar-refractivity contribution in [1.82, 2.24) is 0 Å². The van der Waals surface area contributed by atoms with Crippen molar-refractivity contribution < 1.29 is 10.2 Å². The van der Waals surface area contributed by atoms with Crippen molar-refractivity contribution in [3.8, 4) is 5.75 Å². The summed E-state index contributed by atoms with van der Waals surface area (Å²) in [4.78, 5) is 0. The van der Waals surface area contributed by atoms with Crippen LogP contribution in [0.3, 0.4) is 0 Å². The molecule has 0 bridgehead atoms. The molecular formula is C12H15BrO2. The van der Waals surface area contributed by atoms with Crippen LogP contribution >= 0.6 is 15.9 Å². The molecule has 2 nitrogen and oxygen atoms in total. The molecule has 0 heterocycles. The Bertz CT molecular complexity index is 395. The number of aromatic hydroxyl groups is 1. The minimum absolute atomic E-state index is 0.180. The number of benzene rings is 1. The molecule has 0 aromatic heterocycles. The van der Waals surface area contributed by atoms with Crippen LogP contribution in [0.2, 0.25) is 0 Å². The second-order valence-electron chi connectivity index (χ2n) is 4.59. The summed E-state index contributed by atoms with van der Waals surface area (Å²) in [6, 6.07) is 3.83. The smallest absolute Gasteiger partial charge is 0.135 e. The Morgan fingerprint density at radius 3 is 2.40 bits per heavy atom. The first-order valence-corrected chi connectivity index (χ1v) is 5.98. The lowest BCUT2D eigenvalue weighted by molar-refractivity contribution is 0.147. The van der Waals surface area contributed by atoms with Crippen molar-refractivity contribution in [2.24, 2.45) is 0 Å². The summed E-state index contributed by atoms with van der Waals surface area (Å²) in [5.41, 5.74) is 1.02. The van der Waals surface area contributed by atoms with E-state index in [2.05, 4.69) is 29.8 Å². The van der Waals surface area contributed by atoms with E-state index >= 15 is 0 Å². The molecule has 15 heavy (non-hydrogen) atoms. The van der Waals surface area contributed by atoms with Gasteiger partial charge in [0.25, 0.3) is 0 Å². The monoisotopic (exact) mass is 270 g/mol. The van der Waals surface area contributed by atoms with Crippen molar-refractivity contribution in [3.05, 3.63) is 27.7 Å². The SMILES string of the molecule is CC(C)c1cc(Br)c(O)c(C2(O)CC2)c1. The zero-order valence-corrected chi connectivity index (χ0v) is 10.5. The lowest BCUT2D eigenvalue weighted by atomic mass is 9.97. The van der Waals surface area contributed by atoms with E-state index in [4.69, 9.17) is 0 Å². The van der Waals surface area contributed by atoms with Crippen LogP contribution in [0.25, 0.3) is 0 Å². The first-order chi connectivity index (χ1) is 6.94. The van der Waals surface area contributed by atoms with Gasteiger partial charge in [0.15, 0.2) is 0 Å². The summed E-state index contributed by atoms with van der Waals surface area (Å²) in [5, 5.41) is 19.9. The lowest BCUT2D eigenvalue weighted by Crippen LogP contribution is -2.06. The molecule has 82 valence electrons. The van der Waals surface area contributed by atoms with Gasteiger partial charge in [0.1, 0.15) is 5.75 Å². The number of phenolic OH excluding ortho intramolecular Hbond substituents is 1. The highest BCUT2D eigenvalue weighted by Gasteiger charge is 2.44. The summed E-state index contributed by atoms with van der Waals surface area (Å²) >= 11 is 3.32. The Morgan fingerprint density at radius 1 is 1.33 bits per heavy atom. The van der Waals surface area contributed by atoms with Crippen LogP contribution in [0.1, 0.15) is 43.7 Å². The molecule has 0 atom stereocenters. The second kappa shape index (κ2) is 3.49. The van der Waals surface area contributed by atoms with Crippen molar-refractivity contribution in [2.45, 2.75) is 38.2 Å². The molecule has 2 rings (SSSR count). The van der Waals surface area contributed by atoms with Crippen LogP contribution < -0.4 is 0 Å². The van der Waals surface area contributed by atoms with Gasteiger partial charge >= 0.3 is 0 Å². The summed E-state index contributed by atoms with van der Waals surface area (Å²) in [7, 11) is 0. The average molecular weight is 271 g/mol. The Morgan fingerprint density at radius 2 is 1.93 bits per heavy atom. The number of halogens is 1. The molecule has 1 saturated carbocycles. The third-order valence-corrected chi connectivity index (χ3v) is 3.58. The van der Waals surface area contributed by atoms with Crippen molar-refractivity contribution in [1.29, 1.82) is 0 Å². The molecule has 0 saturated heterocycles. The Labute approximate surface area is 98.1 Å². The highest BCUT2D eigenvalue weighted by atomic mass is 79.9. The molecule has 1 aromatic rings. The van der Waals surface area contributed by atoms with E-state index in [1.165, 1.54) is 0 Å². The van der Waals surface area contributed by atoms with E-state index in [9.17, 15) is 10.2 Å². The van der Waals surface area contributed by atoms with Gasteiger partial charge < -0.3 is 10.2 Å². The molecule has 1 aliphatic carbocycles. The highest BCUT2D eigenvalue weighted by molar-refractivity contribution is 9.10.